The summed E-state index contributed by atoms with van der Waals surface area (Å²) in [4.78, 5) is 14.6. The third kappa shape index (κ3) is 3.55. The molecule has 7 heteroatoms. The SMILES string of the molecule is Cc1nn(Cc2ccccc2)c(Cl)c1/C=N\NC(=O)c1ccc[nH]1. The number of carbonyl (C=O) groups is 1. The number of H-pyrrole nitrogens is 1. The number of rotatable bonds is 5. The number of carbonyl (C=O) groups excluding carboxylic acids is 1. The van der Waals surface area contributed by atoms with Gasteiger partial charge >= 0.3 is 0 Å². The molecule has 0 bridgehead atoms. The van der Waals surface area contributed by atoms with Gasteiger partial charge in [0, 0.05) is 6.20 Å². The molecular weight excluding hydrogens is 326 g/mol. The second-order valence-electron chi connectivity index (χ2n) is 5.22. The van der Waals surface area contributed by atoms with Gasteiger partial charge in [-0.25, -0.2) is 10.1 Å². The van der Waals surface area contributed by atoms with Gasteiger partial charge in [-0.3, -0.25) is 4.79 Å². The molecule has 0 fully saturated rings. The van der Waals surface area contributed by atoms with E-state index >= 15 is 0 Å². The largest absolute Gasteiger partial charge is 0.357 e. The number of amides is 1. The molecular formula is C17H16ClN5O. The molecule has 0 aliphatic heterocycles. The van der Waals surface area contributed by atoms with Crippen molar-refractivity contribution < 1.29 is 4.79 Å². The Morgan fingerprint density at radius 1 is 1.33 bits per heavy atom. The minimum atomic E-state index is -0.318. The molecule has 0 aliphatic carbocycles. The first kappa shape index (κ1) is 16.0. The Labute approximate surface area is 144 Å². The van der Waals surface area contributed by atoms with E-state index < -0.39 is 0 Å². The Balaban J connectivity index is 1.72. The van der Waals surface area contributed by atoms with Crippen molar-refractivity contribution in [3.63, 3.8) is 0 Å². The fourth-order valence-corrected chi connectivity index (χ4v) is 2.55. The molecule has 0 saturated heterocycles. The van der Waals surface area contributed by atoms with Gasteiger partial charge < -0.3 is 4.98 Å². The fourth-order valence-electron chi connectivity index (χ4n) is 2.26. The van der Waals surface area contributed by atoms with E-state index in [1.54, 1.807) is 23.0 Å². The molecule has 2 N–H and O–H groups in total. The van der Waals surface area contributed by atoms with Crippen LogP contribution in [-0.4, -0.2) is 26.9 Å². The second-order valence-corrected chi connectivity index (χ2v) is 5.57. The van der Waals surface area contributed by atoms with E-state index in [4.69, 9.17) is 11.6 Å². The molecule has 0 unspecified atom stereocenters. The van der Waals surface area contributed by atoms with Crippen LogP contribution in [0, 0.1) is 6.92 Å². The van der Waals surface area contributed by atoms with E-state index in [0.717, 1.165) is 11.3 Å². The van der Waals surface area contributed by atoms with Gasteiger partial charge in [0.25, 0.3) is 5.91 Å². The van der Waals surface area contributed by atoms with Gasteiger partial charge in [-0.15, -0.1) is 0 Å². The lowest BCUT2D eigenvalue weighted by molar-refractivity contribution is 0.0951. The molecule has 3 aromatic rings. The lowest BCUT2D eigenvalue weighted by Gasteiger charge is -2.03. The smallest absolute Gasteiger partial charge is 0.287 e. The van der Waals surface area contributed by atoms with Crippen LogP contribution < -0.4 is 5.43 Å². The molecule has 0 aliphatic rings. The quantitative estimate of drug-likeness (QED) is 0.553. The van der Waals surface area contributed by atoms with E-state index in [2.05, 4.69) is 20.6 Å². The zero-order valence-corrected chi connectivity index (χ0v) is 13.8. The standard InChI is InChI=1S/C17H16ClN5O/c1-12-14(10-20-21-17(24)15-8-5-9-19-15)16(18)23(22-12)11-13-6-3-2-4-7-13/h2-10,19H,11H2,1H3,(H,21,24)/b20-10-. The first-order chi connectivity index (χ1) is 11.6. The number of benzene rings is 1. The topological polar surface area (TPSA) is 75.1 Å². The highest BCUT2D eigenvalue weighted by Gasteiger charge is 2.12. The number of hydrazone groups is 1. The maximum atomic E-state index is 11.8. The Morgan fingerprint density at radius 3 is 2.83 bits per heavy atom. The van der Waals surface area contributed by atoms with Crippen LogP contribution in [0.15, 0.2) is 53.8 Å². The Kier molecular flexibility index (Phi) is 4.77. The molecule has 2 heterocycles. The number of aromatic nitrogens is 3. The second kappa shape index (κ2) is 7.14. The summed E-state index contributed by atoms with van der Waals surface area (Å²) in [6, 6.07) is 13.3. The maximum absolute atomic E-state index is 11.8. The fraction of sp³-hybridized carbons (Fsp3) is 0.118. The van der Waals surface area contributed by atoms with Crippen molar-refractivity contribution in [3.05, 3.63) is 76.3 Å². The normalized spacial score (nSPS) is 11.1. The Bertz CT molecular complexity index is 853. The number of nitrogens with zero attached hydrogens (tertiary/aromatic N) is 3. The molecule has 3 rings (SSSR count). The number of hydrogen-bond acceptors (Lipinski definition) is 3. The van der Waals surface area contributed by atoms with Crippen LogP contribution in [0.3, 0.4) is 0 Å². The van der Waals surface area contributed by atoms with Crippen LogP contribution in [-0.2, 0) is 6.54 Å². The van der Waals surface area contributed by atoms with Crippen molar-refractivity contribution in [2.45, 2.75) is 13.5 Å². The van der Waals surface area contributed by atoms with Gasteiger partial charge in [-0.05, 0) is 24.6 Å². The number of halogens is 1. The molecule has 2 aromatic heterocycles. The minimum Gasteiger partial charge on any atom is -0.357 e. The van der Waals surface area contributed by atoms with Crippen molar-refractivity contribution >= 4 is 23.7 Å². The summed E-state index contributed by atoms with van der Waals surface area (Å²) in [5, 5.41) is 8.87. The van der Waals surface area contributed by atoms with Crippen molar-refractivity contribution in [1.29, 1.82) is 0 Å². The first-order valence-corrected chi connectivity index (χ1v) is 7.76. The van der Waals surface area contributed by atoms with Gasteiger partial charge in [0.1, 0.15) is 10.8 Å². The Morgan fingerprint density at radius 2 is 2.12 bits per heavy atom. The van der Waals surface area contributed by atoms with Gasteiger partial charge in [0.2, 0.25) is 0 Å². The van der Waals surface area contributed by atoms with E-state index in [0.29, 0.717) is 23.0 Å². The van der Waals surface area contributed by atoms with Gasteiger partial charge in [-0.1, -0.05) is 41.9 Å². The van der Waals surface area contributed by atoms with Crippen molar-refractivity contribution in [2.24, 2.45) is 5.10 Å². The van der Waals surface area contributed by atoms with Gasteiger partial charge in [-0.2, -0.15) is 10.2 Å². The lowest BCUT2D eigenvalue weighted by Crippen LogP contribution is -2.17. The average molecular weight is 342 g/mol. The highest BCUT2D eigenvalue weighted by atomic mass is 35.5. The van der Waals surface area contributed by atoms with Gasteiger partial charge in [0.05, 0.1) is 24.0 Å². The molecule has 0 spiro atoms. The molecule has 0 saturated carbocycles. The van der Waals surface area contributed by atoms with Crippen molar-refractivity contribution in [2.75, 3.05) is 0 Å². The number of aromatic amines is 1. The molecule has 1 amide bonds. The summed E-state index contributed by atoms with van der Waals surface area (Å²) < 4.78 is 1.71. The summed E-state index contributed by atoms with van der Waals surface area (Å²) in [6.07, 6.45) is 3.18. The molecule has 0 radical (unpaired) electrons. The van der Waals surface area contributed by atoms with Crippen LogP contribution >= 0.6 is 11.6 Å². The highest BCUT2D eigenvalue weighted by molar-refractivity contribution is 6.32. The number of nitrogens with one attached hydrogen (secondary N) is 2. The van der Waals surface area contributed by atoms with Crippen LogP contribution in [0.4, 0.5) is 0 Å². The summed E-state index contributed by atoms with van der Waals surface area (Å²) in [5.41, 5.74) is 5.42. The lowest BCUT2D eigenvalue weighted by atomic mass is 10.2. The van der Waals surface area contributed by atoms with Crippen LogP contribution in [0.2, 0.25) is 5.15 Å². The molecule has 6 nitrogen and oxygen atoms in total. The molecule has 1 aromatic carbocycles. The first-order valence-electron chi connectivity index (χ1n) is 7.39. The average Bonchev–Trinajstić information content (AvgIpc) is 3.20. The highest BCUT2D eigenvalue weighted by Crippen LogP contribution is 2.19. The molecule has 24 heavy (non-hydrogen) atoms. The zero-order valence-electron chi connectivity index (χ0n) is 13.0. The summed E-state index contributed by atoms with van der Waals surface area (Å²) >= 11 is 6.38. The van der Waals surface area contributed by atoms with Gasteiger partial charge in [0.15, 0.2) is 0 Å². The predicted octanol–water partition coefficient (Wildman–Crippen LogP) is 2.99. The summed E-state index contributed by atoms with van der Waals surface area (Å²) in [7, 11) is 0. The number of hydrogen-bond donors (Lipinski definition) is 2. The van der Waals surface area contributed by atoms with Crippen LogP contribution in [0.1, 0.15) is 27.3 Å². The Hall–Kier alpha value is -2.86. The predicted molar refractivity (Wildman–Crippen MR) is 93.4 cm³/mol. The van der Waals surface area contributed by atoms with E-state index in [1.807, 2.05) is 37.3 Å². The van der Waals surface area contributed by atoms with Crippen molar-refractivity contribution in [1.82, 2.24) is 20.2 Å². The van der Waals surface area contributed by atoms with Crippen LogP contribution in [0.5, 0.6) is 0 Å². The van der Waals surface area contributed by atoms with Crippen LogP contribution in [0.25, 0.3) is 0 Å². The maximum Gasteiger partial charge on any atom is 0.287 e. The third-order valence-electron chi connectivity index (χ3n) is 3.49. The van der Waals surface area contributed by atoms with E-state index in [1.165, 1.54) is 6.21 Å². The van der Waals surface area contributed by atoms with E-state index in [-0.39, 0.29) is 5.91 Å². The van der Waals surface area contributed by atoms with Crippen molar-refractivity contribution in [3.8, 4) is 0 Å². The molecule has 122 valence electrons. The third-order valence-corrected chi connectivity index (χ3v) is 3.89. The minimum absolute atomic E-state index is 0.318. The monoisotopic (exact) mass is 341 g/mol. The summed E-state index contributed by atoms with van der Waals surface area (Å²) in [6.45, 7) is 2.42. The zero-order chi connectivity index (χ0) is 16.9. The molecule has 0 atom stereocenters. The number of aryl methyl sites for hydroxylation is 1. The van der Waals surface area contributed by atoms with E-state index in [9.17, 15) is 4.79 Å². The summed E-state index contributed by atoms with van der Waals surface area (Å²) in [5.74, 6) is -0.318.